The molecule has 3 heteroatoms. The first-order valence-corrected chi connectivity index (χ1v) is 3.93. The van der Waals surface area contributed by atoms with Gasteiger partial charge < -0.3 is 9.72 Å². The van der Waals surface area contributed by atoms with Crippen LogP contribution in [-0.2, 0) is 0 Å². The van der Waals surface area contributed by atoms with E-state index in [1.165, 1.54) is 0 Å². The summed E-state index contributed by atoms with van der Waals surface area (Å²) in [7, 11) is 1.91. The average molecular weight is 161 g/mol. The van der Waals surface area contributed by atoms with Gasteiger partial charge in [0.1, 0.15) is 5.82 Å². The molecule has 0 atom stereocenters. The Hall–Kier alpha value is -1.51. The third-order valence-corrected chi connectivity index (χ3v) is 2.00. The maximum Gasteiger partial charge on any atom is 0.110 e. The SMILES string of the molecule is CNc1ccc2cnc(C)n2c1. The average Bonchev–Trinajstić information content (AvgIpc) is 2.47. The van der Waals surface area contributed by atoms with Crippen molar-refractivity contribution >= 4 is 11.2 Å². The molecule has 0 unspecified atom stereocenters. The van der Waals surface area contributed by atoms with Gasteiger partial charge >= 0.3 is 0 Å². The van der Waals surface area contributed by atoms with Crippen LogP contribution in [0.1, 0.15) is 5.82 Å². The molecule has 0 bridgehead atoms. The molecule has 0 aliphatic carbocycles. The van der Waals surface area contributed by atoms with Crippen molar-refractivity contribution in [1.29, 1.82) is 0 Å². The largest absolute Gasteiger partial charge is 0.387 e. The van der Waals surface area contributed by atoms with E-state index in [1.807, 2.05) is 38.5 Å². The Kier molecular flexibility index (Phi) is 1.50. The maximum absolute atomic E-state index is 4.21. The van der Waals surface area contributed by atoms with Crippen LogP contribution in [0.4, 0.5) is 5.69 Å². The summed E-state index contributed by atoms with van der Waals surface area (Å²) in [5, 5.41) is 3.09. The minimum Gasteiger partial charge on any atom is -0.387 e. The molecular formula is C9H11N3. The summed E-state index contributed by atoms with van der Waals surface area (Å²) < 4.78 is 2.06. The van der Waals surface area contributed by atoms with Gasteiger partial charge in [0.2, 0.25) is 0 Å². The second-order valence-electron chi connectivity index (χ2n) is 2.77. The molecule has 0 aromatic carbocycles. The summed E-state index contributed by atoms with van der Waals surface area (Å²) in [6.07, 6.45) is 3.91. The van der Waals surface area contributed by atoms with Crippen molar-refractivity contribution in [3.63, 3.8) is 0 Å². The number of aryl methyl sites for hydroxylation is 1. The molecule has 12 heavy (non-hydrogen) atoms. The molecule has 3 nitrogen and oxygen atoms in total. The fraction of sp³-hybridized carbons (Fsp3) is 0.222. The van der Waals surface area contributed by atoms with Gasteiger partial charge in [-0.15, -0.1) is 0 Å². The molecule has 2 rings (SSSR count). The first-order valence-electron chi connectivity index (χ1n) is 3.93. The van der Waals surface area contributed by atoms with Gasteiger partial charge in [0, 0.05) is 13.2 Å². The van der Waals surface area contributed by atoms with Crippen LogP contribution in [0.25, 0.3) is 5.52 Å². The molecule has 0 saturated heterocycles. The summed E-state index contributed by atoms with van der Waals surface area (Å²) in [6, 6.07) is 4.09. The minimum absolute atomic E-state index is 1.02. The number of hydrogen-bond acceptors (Lipinski definition) is 2. The van der Waals surface area contributed by atoms with Crippen LogP contribution in [-0.4, -0.2) is 16.4 Å². The van der Waals surface area contributed by atoms with Gasteiger partial charge in [-0.05, 0) is 19.1 Å². The van der Waals surface area contributed by atoms with Crippen molar-refractivity contribution in [2.45, 2.75) is 6.92 Å². The highest BCUT2D eigenvalue weighted by Gasteiger charge is 1.97. The quantitative estimate of drug-likeness (QED) is 0.689. The maximum atomic E-state index is 4.21. The van der Waals surface area contributed by atoms with Crippen LogP contribution in [0.5, 0.6) is 0 Å². The van der Waals surface area contributed by atoms with Crippen molar-refractivity contribution < 1.29 is 0 Å². The lowest BCUT2D eigenvalue weighted by Gasteiger charge is -2.01. The number of nitrogens with one attached hydrogen (secondary N) is 1. The normalized spacial score (nSPS) is 10.5. The van der Waals surface area contributed by atoms with Gasteiger partial charge in [0.25, 0.3) is 0 Å². The van der Waals surface area contributed by atoms with Gasteiger partial charge in [-0.25, -0.2) is 4.98 Å². The monoisotopic (exact) mass is 161 g/mol. The lowest BCUT2D eigenvalue weighted by molar-refractivity contribution is 1.04. The number of pyridine rings is 1. The lowest BCUT2D eigenvalue weighted by atomic mass is 10.4. The Morgan fingerprint density at radius 2 is 2.25 bits per heavy atom. The molecule has 0 amide bonds. The molecule has 0 aliphatic rings. The molecule has 0 aliphatic heterocycles. The topological polar surface area (TPSA) is 29.3 Å². The zero-order chi connectivity index (χ0) is 8.55. The molecule has 2 heterocycles. The number of nitrogens with zero attached hydrogens (tertiary/aromatic N) is 2. The van der Waals surface area contributed by atoms with E-state index in [9.17, 15) is 0 Å². The number of fused-ring (bicyclic) bond motifs is 1. The predicted molar refractivity (Wildman–Crippen MR) is 49.5 cm³/mol. The minimum atomic E-state index is 1.02. The van der Waals surface area contributed by atoms with E-state index < -0.39 is 0 Å². The number of rotatable bonds is 1. The molecule has 2 aromatic heterocycles. The lowest BCUT2D eigenvalue weighted by Crippen LogP contribution is -1.92. The van der Waals surface area contributed by atoms with E-state index in [4.69, 9.17) is 0 Å². The summed E-state index contributed by atoms with van der Waals surface area (Å²) in [5.41, 5.74) is 2.23. The van der Waals surface area contributed by atoms with E-state index in [1.54, 1.807) is 0 Å². The molecule has 0 radical (unpaired) electrons. The first kappa shape index (κ1) is 7.16. The Labute approximate surface area is 71.0 Å². The fourth-order valence-electron chi connectivity index (χ4n) is 1.27. The molecule has 62 valence electrons. The Balaban J connectivity index is 2.71. The standard InChI is InChI=1S/C9H11N3/c1-7-11-5-9-4-3-8(10-2)6-12(7)9/h3-6,10H,1-2H3. The highest BCUT2D eigenvalue weighted by molar-refractivity contribution is 5.53. The summed E-state index contributed by atoms with van der Waals surface area (Å²) in [6.45, 7) is 1.99. The van der Waals surface area contributed by atoms with E-state index in [2.05, 4.69) is 14.7 Å². The van der Waals surface area contributed by atoms with Crippen LogP contribution >= 0.6 is 0 Å². The van der Waals surface area contributed by atoms with Crippen LogP contribution in [0.2, 0.25) is 0 Å². The van der Waals surface area contributed by atoms with Gasteiger partial charge in [0.15, 0.2) is 0 Å². The second kappa shape index (κ2) is 2.52. The fourth-order valence-corrected chi connectivity index (χ4v) is 1.27. The number of hydrogen-bond donors (Lipinski definition) is 1. The van der Waals surface area contributed by atoms with E-state index in [-0.39, 0.29) is 0 Å². The van der Waals surface area contributed by atoms with E-state index >= 15 is 0 Å². The summed E-state index contributed by atoms with van der Waals surface area (Å²) in [5.74, 6) is 1.02. The van der Waals surface area contributed by atoms with Crippen molar-refractivity contribution in [3.8, 4) is 0 Å². The van der Waals surface area contributed by atoms with Crippen molar-refractivity contribution in [3.05, 3.63) is 30.4 Å². The highest BCUT2D eigenvalue weighted by Crippen LogP contribution is 2.11. The zero-order valence-corrected chi connectivity index (χ0v) is 7.20. The van der Waals surface area contributed by atoms with Crippen molar-refractivity contribution in [1.82, 2.24) is 9.38 Å². The predicted octanol–water partition coefficient (Wildman–Crippen LogP) is 1.68. The molecule has 2 aromatic rings. The van der Waals surface area contributed by atoms with Crippen LogP contribution in [0.3, 0.4) is 0 Å². The van der Waals surface area contributed by atoms with Crippen LogP contribution < -0.4 is 5.32 Å². The van der Waals surface area contributed by atoms with Crippen LogP contribution in [0.15, 0.2) is 24.5 Å². The first-order chi connectivity index (χ1) is 5.81. The number of anilines is 1. The van der Waals surface area contributed by atoms with E-state index in [0.717, 1.165) is 17.0 Å². The molecule has 0 spiro atoms. The molecule has 0 fully saturated rings. The van der Waals surface area contributed by atoms with Gasteiger partial charge in [-0.3, -0.25) is 0 Å². The number of aromatic nitrogens is 2. The third-order valence-electron chi connectivity index (χ3n) is 2.00. The number of imidazole rings is 1. The van der Waals surface area contributed by atoms with Gasteiger partial charge in [-0.1, -0.05) is 0 Å². The van der Waals surface area contributed by atoms with Crippen LogP contribution in [0, 0.1) is 6.92 Å². The van der Waals surface area contributed by atoms with Gasteiger partial charge in [-0.2, -0.15) is 0 Å². The smallest absolute Gasteiger partial charge is 0.110 e. The Bertz CT molecular complexity index is 403. The third kappa shape index (κ3) is 0.942. The van der Waals surface area contributed by atoms with Crippen molar-refractivity contribution in [2.75, 3.05) is 12.4 Å². The molecule has 0 saturated carbocycles. The Morgan fingerprint density at radius 1 is 1.42 bits per heavy atom. The summed E-state index contributed by atoms with van der Waals surface area (Å²) >= 11 is 0. The van der Waals surface area contributed by atoms with E-state index in [0.29, 0.717) is 0 Å². The second-order valence-corrected chi connectivity index (χ2v) is 2.77. The Morgan fingerprint density at radius 3 is 3.00 bits per heavy atom. The highest BCUT2D eigenvalue weighted by atomic mass is 15.0. The van der Waals surface area contributed by atoms with Crippen molar-refractivity contribution in [2.24, 2.45) is 0 Å². The summed E-state index contributed by atoms with van der Waals surface area (Å²) in [4.78, 5) is 4.21. The molecular weight excluding hydrogens is 150 g/mol. The molecule has 1 N–H and O–H groups in total. The van der Waals surface area contributed by atoms with Gasteiger partial charge in [0.05, 0.1) is 17.4 Å². The zero-order valence-electron chi connectivity index (χ0n) is 7.20.